The highest BCUT2D eigenvalue weighted by Crippen LogP contribution is 2.29. The Morgan fingerprint density at radius 2 is 1.92 bits per heavy atom. The summed E-state index contributed by atoms with van der Waals surface area (Å²) in [6.45, 7) is 2.26. The molecule has 136 valence electrons. The van der Waals surface area contributed by atoms with Gasteiger partial charge in [-0.1, -0.05) is 25.1 Å². The number of rotatable bonds is 5. The van der Waals surface area contributed by atoms with E-state index in [1.807, 2.05) is 6.92 Å². The fraction of sp³-hybridized carbons (Fsp3) is 0.278. The SMILES string of the molecule is CCC(O)Cn1ccc(-c2cccc(-c3nccc(C(F)(F)F)n3)c2)n1. The van der Waals surface area contributed by atoms with E-state index < -0.39 is 18.0 Å². The van der Waals surface area contributed by atoms with Gasteiger partial charge in [0.2, 0.25) is 0 Å². The van der Waals surface area contributed by atoms with E-state index in [-0.39, 0.29) is 5.82 Å². The lowest BCUT2D eigenvalue weighted by Gasteiger charge is -2.08. The highest BCUT2D eigenvalue weighted by molar-refractivity contribution is 5.67. The van der Waals surface area contributed by atoms with E-state index in [9.17, 15) is 18.3 Å². The van der Waals surface area contributed by atoms with E-state index in [1.165, 1.54) is 0 Å². The molecule has 0 bridgehead atoms. The monoisotopic (exact) mass is 362 g/mol. The highest BCUT2D eigenvalue weighted by Gasteiger charge is 2.32. The van der Waals surface area contributed by atoms with Gasteiger partial charge in [-0.25, -0.2) is 9.97 Å². The lowest BCUT2D eigenvalue weighted by atomic mass is 10.1. The molecule has 0 fully saturated rings. The van der Waals surface area contributed by atoms with Crippen LogP contribution in [0, 0.1) is 0 Å². The van der Waals surface area contributed by atoms with Crippen molar-refractivity contribution in [1.29, 1.82) is 0 Å². The lowest BCUT2D eigenvalue weighted by Crippen LogP contribution is -2.14. The second kappa shape index (κ2) is 7.25. The Morgan fingerprint density at radius 3 is 2.65 bits per heavy atom. The van der Waals surface area contributed by atoms with E-state index in [1.54, 1.807) is 41.2 Å². The Bertz CT molecular complexity index is 892. The summed E-state index contributed by atoms with van der Waals surface area (Å²) in [4.78, 5) is 7.55. The molecule has 0 amide bonds. The Kier molecular flexibility index (Phi) is 5.03. The maximum Gasteiger partial charge on any atom is 0.433 e. The topological polar surface area (TPSA) is 63.8 Å². The van der Waals surface area contributed by atoms with Crippen molar-refractivity contribution >= 4 is 0 Å². The normalized spacial score (nSPS) is 13.0. The second-order valence-electron chi connectivity index (χ2n) is 5.83. The maximum absolute atomic E-state index is 12.8. The van der Waals surface area contributed by atoms with Gasteiger partial charge in [0.05, 0.1) is 18.3 Å². The van der Waals surface area contributed by atoms with Crippen LogP contribution in [0.5, 0.6) is 0 Å². The summed E-state index contributed by atoms with van der Waals surface area (Å²) in [5, 5.41) is 14.1. The number of hydrogen-bond donors (Lipinski definition) is 1. The molecule has 1 N–H and O–H groups in total. The third-order valence-electron chi connectivity index (χ3n) is 3.87. The molecule has 3 rings (SSSR count). The van der Waals surface area contributed by atoms with Crippen molar-refractivity contribution in [2.24, 2.45) is 0 Å². The van der Waals surface area contributed by atoms with Crippen LogP contribution in [0.15, 0.2) is 48.8 Å². The van der Waals surface area contributed by atoms with Crippen LogP contribution >= 0.6 is 0 Å². The molecular weight excluding hydrogens is 345 g/mol. The zero-order chi connectivity index (χ0) is 18.7. The van der Waals surface area contributed by atoms with Gasteiger partial charge in [0.1, 0.15) is 5.69 Å². The first kappa shape index (κ1) is 18.1. The molecule has 0 aliphatic rings. The quantitative estimate of drug-likeness (QED) is 0.750. The van der Waals surface area contributed by atoms with Crippen molar-refractivity contribution in [2.45, 2.75) is 32.2 Å². The molecule has 0 radical (unpaired) electrons. The molecule has 0 saturated carbocycles. The molecule has 1 unspecified atom stereocenters. The third-order valence-corrected chi connectivity index (χ3v) is 3.87. The molecule has 8 heteroatoms. The average molecular weight is 362 g/mol. The van der Waals surface area contributed by atoms with Gasteiger partial charge >= 0.3 is 6.18 Å². The molecular formula is C18H17F3N4O. The molecule has 0 aliphatic carbocycles. The van der Waals surface area contributed by atoms with Crippen LogP contribution in [0.3, 0.4) is 0 Å². The number of aliphatic hydroxyl groups excluding tert-OH is 1. The number of nitrogens with zero attached hydrogens (tertiary/aromatic N) is 4. The minimum Gasteiger partial charge on any atom is -0.391 e. The summed E-state index contributed by atoms with van der Waals surface area (Å²) in [5.41, 5.74) is 0.873. The maximum atomic E-state index is 12.8. The highest BCUT2D eigenvalue weighted by atomic mass is 19.4. The zero-order valence-corrected chi connectivity index (χ0v) is 14.0. The van der Waals surface area contributed by atoms with Crippen LogP contribution in [0.25, 0.3) is 22.6 Å². The van der Waals surface area contributed by atoms with E-state index >= 15 is 0 Å². The molecule has 1 aromatic carbocycles. The standard InChI is InChI=1S/C18H17F3N4O/c1-2-14(26)11-25-9-7-15(24-25)12-4-3-5-13(10-12)17-22-8-6-16(23-17)18(19,20)21/h3-10,14,26H,2,11H2,1H3. The molecule has 0 spiro atoms. The lowest BCUT2D eigenvalue weighted by molar-refractivity contribution is -0.141. The third kappa shape index (κ3) is 4.08. The molecule has 0 aliphatic heterocycles. The molecule has 1 atom stereocenters. The summed E-state index contributed by atoms with van der Waals surface area (Å²) in [6, 6.07) is 9.49. The fourth-order valence-electron chi connectivity index (χ4n) is 2.44. The second-order valence-corrected chi connectivity index (χ2v) is 5.83. The molecule has 5 nitrogen and oxygen atoms in total. The van der Waals surface area contributed by atoms with E-state index in [0.29, 0.717) is 24.2 Å². The molecule has 2 heterocycles. The summed E-state index contributed by atoms with van der Waals surface area (Å²) < 4.78 is 40.2. The molecule has 26 heavy (non-hydrogen) atoms. The zero-order valence-electron chi connectivity index (χ0n) is 14.0. The fourth-order valence-corrected chi connectivity index (χ4v) is 2.44. The van der Waals surface area contributed by atoms with Crippen molar-refractivity contribution in [3.63, 3.8) is 0 Å². The van der Waals surface area contributed by atoms with E-state index in [2.05, 4.69) is 15.1 Å². The van der Waals surface area contributed by atoms with Gasteiger partial charge < -0.3 is 5.11 Å². The molecule has 2 aromatic heterocycles. The molecule has 3 aromatic rings. The van der Waals surface area contributed by atoms with Crippen LogP contribution in [-0.4, -0.2) is 31.0 Å². The van der Waals surface area contributed by atoms with Crippen molar-refractivity contribution < 1.29 is 18.3 Å². The Morgan fingerprint density at radius 1 is 1.15 bits per heavy atom. The Hall–Kier alpha value is -2.74. The van der Waals surface area contributed by atoms with Crippen LogP contribution in [-0.2, 0) is 12.7 Å². The van der Waals surface area contributed by atoms with Gasteiger partial charge in [-0.05, 0) is 24.6 Å². The minimum absolute atomic E-state index is 0.00233. The predicted octanol–water partition coefficient (Wildman–Crippen LogP) is 3.80. The van der Waals surface area contributed by atoms with Crippen molar-refractivity contribution in [1.82, 2.24) is 19.7 Å². The number of aromatic nitrogens is 4. The largest absolute Gasteiger partial charge is 0.433 e. The van der Waals surface area contributed by atoms with E-state index in [0.717, 1.165) is 17.8 Å². The van der Waals surface area contributed by atoms with Crippen LogP contribution in [0.2, 0.25) is 0 Å². The summed E-state index contributed by atoms with van der Waals surface area (Å²) in [7, 11) is 0. The first-order chi connectivity index (χ1) is 12.4. The number of benzene rings is 1. The Balaban J connectivity index is 1.90. The minimum atomic E-state index is -4.52. The number of alkyl halides is 3. The van der Waals surface area contributed by atoms with Crippen molar-refractivity contribution in [3.8, 4) is 22.6 Å². The van der Waals surface area contributed by atoms with Crippen molar-refractivity contribution in [2.75, 3.05) is 0 Å². The number of hydrogen-bond acceptors (Lipinski definition) is 4. The van der Waals surface area contributed by atoms with Crippen LogP contribution in [0.4, 0.5) is 13.2 Å². The average Bonchev–Trinajstić information content (AvgIpc) is 3.09. The first-order valence-corrected chi connectivity index (χ1v) is 8.09. The van der Waals surface area contributed by atoms with Crippen LogP contribution < -0.4 is 0 Å². The number of aliphatic hydroxyl groups is 1. The van der Waals surface area contributed by atoms with Gasteiger partial charge in [-0.15, -0.1) is 0 Å². The van der Waals surface area contributed by atoms with Gasteiger partial charge in [-0.2, -0.15) is 18.3 Å². The number of halogens is 3. The summed E-state index contributed by atoms with van der Waals surface area (Å²) in [5.74, 6) is 0.00233. The smallest absolute Gasteiger partial charge is 0.391 e. The summed E-state index contributed by atoms with van der Waals surface area (Å²) >= 11 is 0. The van der Waals surface area contributed by atoms with Gasteiger partial charge in [0.15, 0.2) is 5.82 Å². The molecule has 0 saturated heterocycles. The van der Waals surface area contributed by atoms with Crippen LogP contribution in [0.1, 0.15) is 19.0 Å². The first-order valence-electron chi connectivity index (χ1n) is 8.09. The van der Waals surface area contributed by atoms with Gasteiger partial charge in [0.25, 0.3) is 0 Å². The Labute approximate surface area is 148 Å². The van der Waals surface area contributed by atoms with Gasteiger partial charge in [-0.3, -0.25) is 4.68 Å². The predicted molar refractivity (Wildman–Crippen MR) is 90.0 cm³/mol. The van der Waals surface area contributed by atoms with Crippen molar-refractivity contribution in [3.05, 3.63) is 54.5 Å². The summed E-state index contributed by atoms with van der Waals surface area (Å²) in [6.07, 6.45) is -1.53. The van der Waals surface area contributed by atoms with E-state index in [4.69, 9.17) is 0 Å². The van der Waals surface area contributed by atoms with Gasteiger partial charge in [0, 0.05) is 23.5 Å².